The van der Waals surface area contributed by atoms with Crippen molar-refractivity contribution in [2.45, 2.75) is 25.7 Å². The van der Waals surface area contributed by atoms with Gasteiger partial charge in [0.2, 0.25) is 0 Å². The number of nitrogens with zero attached hydrogens (tertiary/aromatic N) is 1. The lowest BCUT2D eigenvalue weighted by molar-refractivity contribution is -0.459. The molecule has 0 atom stereocenters. The van der Waals surface area contributed by atoms with Crippen molar-refractivity contribution >= 4 is 35.3 Å². The van der Waals surface area contributed by atoms with Crippen LogP contribution in [0.2, 0.25) is 10.0 Å². The minimum absolute atomic E-state index is 0.604. The van der Waals surface area contributed by atoms with Gasteiger partial charge in [-0.25, -0.2) is 0 Å². The summed E-state index contributed by atoms with van der Waals surface area (Å²) in [5.74, 6) is 1.06. The van der Waals surface area contributed by atoms with Crippen LogP contribution in [0.15, 0.2) is 23.3 Å². The van der Waals surface area contributed by atoms with Gasteiger partial charge >= 0.3 is 0 Å². The number of hydrazone groups is 1. The largest absolute Gasteiger partial charge is 0.277 e. The highest BCUT2D eigenvalue weighted by Crippen LogP contribution is 2.21. The van der Waals surface area contributed by atoms with E-state index in [9.17, 15) is 0 Å². The molecule has 1 aromatic carbocycles. The van der Waals surface area contributed by atoms with E-state index < -0.39 is 0 Å². The maximum atomic E-state index is 6.05. The van der Waals surface area contributed by atoms with Gasteiger partial charge in [-0.1, -0.05) is 34.4 Å². The number of hydrogen-bond donors (Lipinski definition) is 2. The summed E-state index contributed by atoms with van der Waals surface area (Å²) >= 11 is 12.1. The Kier molecular flexibility index (Phi) is 5.02. The molecule has 2 N–H and O–H groups in total. The summed E-state index contributed by atoms with van der Waals surface area (Å²) in [5.41, 5.74) is 3.76. The van der Waals surface area contributed by atoms with Crippen molar-refractivity contribution in [1.29, 1.82) is 0 Å². The second-order valence-corrected chi connectivity index (χ2v) is 5.04. The average molecular weight is 285 g/mol. The van der Waals surface area contributed by atoms with Crippen LogP contribution in [-0.2, 0) is 0 Å². The number of rotatable bonds is 2. The number of halogens is 2. The fraction of sp³-hybridized carbons (Fsp3) is 0.385. The first-order valence-corrected chi connectivity index (χ1v) is 6.86. The van der Waals surface area contributed by atoms with E-state index in [0.29, 0.717) is 10.0 Å². The number of amidine groups is 1. The molecule has 0 spiro atoms. The highest BCUT2D eigenvalue weighted by molar-refractivity contribution is 6.38. The molecule has 0 aliphatic carbocycles. The minimum Gasteiger partial charge on any atom is -0.277 e. The van der Waals surface area contributed by atoms with Gasteiger partial charge in [0.05, 0.1) is 29.2 Å². The van der Waals surface area contributed by atoms with Crippen molar-refractivity contribution in [2.24, 2.45) is 5.10 Å². The van der Waals surface area contributed by atoms with Crippen LogP contribution < -0.4 is 10.4 Å². The van der Waals surface area contributed by atoms with Gasteiger partial charge in [0.1, 0.15) is 0 Å². The lowest BCUT2D eigenvalue weighted by atomic mass is 10.2. The maximum Gasteiger partial charge on any atom is 0.267 e. The average Bonchev–Trinajstić information content (AvgIpc) is 2.61. The molecule has 2 rings (SSSR count). The third kappa shape index (κ3) is 3.72. The van der Waals surface area contributed by atoms with Crippen LogP contribution in [-0.4, -0.2) is 18.6 Å². The van der Waals surface area contributed by atoms with Crippen molar-refractivity contribution in [3.8, 4) is 0 Å². The lowest BCUT2D eigenvalue weighted by Crippen LogP contribution is -2.75. The maximum absolute atomic E-state index is 6.05. The Labute approximate surface area is 117 Å². The SMILES string of the molecule is Clc1cccc(Cl)c1/C=N\NC1=[NH+]CCCCC1. The minimum atomic E-state index is 0.604. The molecule has 0 radical (unpaired) electrons. The third-order valence-electron chi connectivity index (χ3n) is 2.83. The summed E-state index contributed by atoms with van der Waals surface area (Å²) in [6.45, 7) is 1.00. The predicted molar refractivity (Wildman–Crippen MR) is 76.5 cm³/mol. The summed E-state index contributed by atoms with van der Waals surface area (Å²) in [7, 11) is 0. The molecule has 0 unspecified atom stereocenters. The zero-order valence-corrected chi connectivity index (χ0v) is 11.6. The van der Waals surface area contributed by atoms with E-state index in [2.05, 4.69) is 15.5 Å². The molecule has 0 bridgehead atoms. The molecule has 5 heteroatoms. The number of benzene rings is 1. The molecule has 96 valence electrons. The smallest absolute Gasteiger partial charge is 0.267 e. The molecular weight excluding hydrogens is 269 g/mol. The second-order valence-electron chi connectivity index (χ2n) is 4.22. The first-order valence-electron chi connectivity index (χ1n) is 6.10. The van der Waals surface area contributed by atoms with E-state index in [4.69, 9.17) is 23.2 Å². The van der Waals surface area contributed by atoms with Gasteiger partial charge in [0.25, 0.3) is 5.84 Å². The monoisotopic (exact) mass is 284 g/mol. The number of hydrogen-bond acceptors (Lipinski definition) is 2. The van der Waals surface area contributed by atoms with Gasteiger partial charge in [-0.15, -0.1) is 0 Å². The molecule has 1 aromatic rings. The molecule has 1 aliphatic heterocycles. The summed E-state index contributed by atoms with van der Waals surface area (Å²) in [6.07, 6.45) is 6.33. The molecule has 0 saturated carbocycles. The molecule has 0 amide bonds. The van der Waals surface area contributed by atoms with E-state index in [1.165, 1.54) is 19.3 Å². The molecule has 1 heterocycles. The molecule has 18 heavy (non-hydrogen) atoms. The molecule has 0 saturated heterocycles. The van der Waals surface area contributed by atoms with Crippen LogP contribution in [0.4, 0.5) is 0 Å². The second kappa shape index (κ2) is 6.76. The van der Waals surface area contributed by atoms with Crippen molar-refractivity contribution in [2.75, 3.05) is 6.54 Å². The molecular formula is C13H16Cl2N3+. The Morgan fingerprint density at radius 3 is 2.72 bits per heavy atom. The van der Waals surface area contributed by atoms with E-state index in [-0.39, 0.29) is 0 Å². The van der Waals surface area contributed by atoms with Gasteiger partial charge in [0, 0.05) is 5.56 Å². The zero-order chi connectivity index (χ0) is 12.8. The first-order chi connectivity index (χ1) is 8.77. The summed E-state index contributed by atoms with van der Waals surface area (Å²) in [6, 6.07) is 5.41. The normalized spacial score (nSPS) is 16.4. The molecule has 0 aromatic heterocycles. The van der Waals surface area contributed by atoms with Gasteiger partial charge in [-0.2, -0.15) is 5.43 Å². The number of nitrogens with one attached hydrogen (secondary N) is 2. The molecule has 3 nitrogen and oxygen atoms in total. The highest BCUT2D eigenvalue weighted by Gasteiger charge is 2.09. The Bertz CT molecular complexity index is 449. The van der Waals surface area contributed by atoms with Crippen molar-refractivity contribution in [3.63, 3.8) is 0 Å². The Hall–Kier alpha value is -1.06. The first kappa shape index (κ1) is 13.4. The van der Waals surface area contributed by atoms with E-state index in [1.54, 1.807) is 18.3 Å². The van der Waals surface area contributed by atoms with Crippen LogP contribution in [0.5, 0.6) is 0 Å². The van der Waals surface area contributed by atoms with Crippen LogP contribution in [0.25, 0.3) is 0 Å². The van der Waals surface area contributed by atoms with E-state index in [0.717, 1.165) is 24.4 Å². The van der Waals surface area contributed by atoms with E-state index >= 15 is 0 Å². The quantitative estimate of drug-likeness (QED) is 0.633. The van der Waals surface area contributed by atoms with Crippen molar-refractivity contribution < 1.29 is 4.99 Å². The fourth-order valence-corrected chi connectivity index (χ4v) is 2.33. The molecule has 0 fully saturated rings. The van der Waals surface area contributed by atoms with Gasteiger partial charge in [-0.3, -0.25) is 4.99 Å². The Balaban J connectivity index is 2.00. The van der Waals surface area contributed by atoms with Crippen LogP contribution in [0, 0.1) is 0 Å². The summed E-state index contributed by atoms with van der Waals surface area (Å²) in [4.78, 5) is 3.32. The van der Waals surface area contributed by atoms with Crippen LogP contribution in [0.1, 0.15) is 31.2 Å². The topological polar surface area (TPSA) is 38.4 Å². The highest BCUT2D eigenvalue weighted by atomic mass is 35.5. The summed E-state index contributed by atoms with van der Waals surface area (Å²) in [5, 5.41) is 5.39. The van der Waals surface area contributed by atoms with Crippen LogP contribution >= 0.6 is 23.2 Å². The Morgan fingerprint density at radius 2 is 1.94 bits per heavy atom. The predicted octanol–water partition coefficient (Wildman–Crippen LogP) is 1.97. The Morgan fingerprint density at radius 1 is 1.17 bits per heavy atom. The van der Waals surface area contributed by atoms with Crippen LogP contribution in [0.3, 0.4) is 0 Å². The zero-order valence-electron chi connectivity index (χ0n) is 10.0. The third-order valence-corrected chi connectivity index (χ3v) is 3.49. The molecule has 1 aliphatic rings. The van der Waals surface area contributed by atoms with Gasteiger partial charge in [-0.05, 0) is 31.4 Å². The van der Waals surface area contributed by atoms with Crippen molar-refractivity contribution in [3.05, 3.63) is 33.8 Å². The fourth-order valence-electron chi connectivity index (χ4n) is 1.84. The summed E-state index contributed by atoms with van der Waals surface area (Å²) < 4.78 is 0. The standard InChI is InChI=1S/C13H15Cl2N3/c14-11-5-4-6-12(15)10(11)9-17-18-13-7-2-1-3-8-16-13/h4-6,9H,1-3,7-8H2,(H,16,18)/p+1/b17-9-. The van der Waals surface area contributed by atoms with Gasteiger partial charge < -0.3 is 0 Å². The van der Waals surface area contributed by atoms with Crippen molar-refractivity contribution in [1.82, 2.24) is 5.43 Å². The van der Waals surface area contributed by atoms with E-state index in [1.807, 2.05) is 6.07 Å². The van der Waals surface area contributed by atoms with Gasteiger partial charge in [0.15, 0.2) is 0 Å². The lowest BCUT2D eigenvalue weighted by Gasteiger charge is -1.99.